The van der Waals surface area contributed by atoms with Gasteiger partial charge in [0.1, 0.15) is 5.82 Å². The zero-order valence-corrected chi connectivity index (χ0v) is 10.2. The third kappa shape index (κ3) is 1.85. The van der Waals surface area contributed by atoms with Crippen LogP contribution in [0.1, 0.15) is 36.9 Å². The molecule has 2 rings (SSSR count). The summed E-state index contributed by atoms with van der Waals surface area (Å²) in [6, 6.07) is 1.76. The number of aromatic carboxylic acids is 1. The monoisotopic (exact) mass is 254 g/mol. The topological polar surface area (TPSA) is 50.4 Å². The van der Waals surface area contributed by atoms with Crippen molar-refractivity contribution in [3.05, 3.63) is 35.1 Å². The third-order valence-corrected chi connectivity index (χ3v) is 2.65. The molecule has 0 radical (unpaired) electrons. The van der Waals surface area contributed by atoms with Crippen molar-refractivity contribution < 1.29 is 23.1 Å². The van der Waals surface area contributed by atoms with Gasteiger partial charge in [-0.1, -0.05) is 20.8 Å². The summed E-state index contributed by atoms with van der Waals surface area (Å²) in [6.45, 7) is 5.27. The molecule has 5 heteroatoms. The molecule has 3 nitrogen and oxygen atoms in total. The van der Waals surface area contributed by atoms with Crippen molar-refractivity contribution in [1.29, 1.82) is 0 Å². The maximum atomic E-state index is 13.6. The molecule has 0 aliphatic heterocycles. The SMILES string of the molecule is CC(C)(C)c1c(C(=O)O)oc2c(F)cc(F)cc12. The molecule has 1 aromatic carbocycles. The van der Waals surface area contributed by atoms with Crippen molar-refractivity contribution in [3.63, 3.8) is 0 Å². The predicted octanol–water partition coefficient (Wildman–Crippen LogP) is 3.71. The smallest absolute Gasteiger partial charge is 0.372 e. The van der Waals surface area contributed by atoms with Gasteiger partial charge in [0.05, 0.1) is 0 Å². The Morgan fingerprint density at radius 2 is 1.89 bits per heavy atom. The second kappa shape index (κ2) is 3.80. The van der Waals surface area contributed by atoms with Crippen LogP contribution in [-0.4, -0.2) is 11.1 Å². The second-order valence-electron chi connectivity index (χ2n) is 5.13. The van der Waals surface area contributed by atoms with Gasteiger partial charge in [0, 0.05) is 17.0 Å². The van der Waals surface area contributed by atoms with Gasteiger partial charge in [-0.25, -0.2) is 13.6 Å². The average Bonchev–Trinajstić information content (AvgIpc) is 2.56. The first-order valence-electron chi connectivity index (χ1n) is 5.37. The van der Waals surface area contributed by atoms with Crippen LogP contribution < -0.4 is 0 Å². The van der Waals surface area contributed by atoms with E-state index in [1.807, 2.05) is 0 Å². The fourth-order valence-corrected chi connectivity index (χ4v) is 2.02. The van der Waals surface area contributed by atoms with Crippen LogP contribution in [0.15, 0.2) is 16.5 Å². The quantitative estimate of drug-likeness (QED) is 0.844. The third-order valence-electron chi connectivity index (χ3n) is 2.65. The van der Waals surface area contributed by atoms with E-state index in [1.54, 1.807) is 20.8 Å². The normalized spacial score (nSPS) is 12.1. The highest BCUT2D eigenvalue weighted by atomic mass is 19.1. The Morgan fingerprint density at radius 3 is 2.39 bits per heavy atom. The summed E-state index contributed by atoms with van der Waals surface area (Å²) in [5.74, 6) is -3.30. The average molecular weight is 254 g/mol. The first kappa shape index (κ1) is 12.5. The lowest BCUT2D eigenvalue weighted by atomic mass is 9.84. The van der Waals surface area contributed by atoms with Crippen molar-refractivity contribution in [1.82, 2.24) is 0 Å². The highest BCUT2D eigenvalue weighted by molar-refractivity contribution is 5.96. The number of carboxylic acid groups (broad SMARTS) is 1. The minimum Gasteiger partial charge on any atom is -0.475 e. The number of carboxylic acids is 1. The number of hydrogen-bond donors (Lipinski definition) is 1. The van der Waals surface area contributed by atoms with E-state index in [-0.39, 0.29) is 16.7 Å². The largest absolute Gasteiger partial charge is 0.475 e. The molecule has 0 fully saturated rings. The molecule has 1 heterocycles. The molecule has 0 atom stereocenters. The van der Waals surface area contributed by atoms with Crippen molar-refractivity contribution in [2.45, 2.75) is 26.2 Å². The molecule has 1 aromatic heterocycles. The maximum Gasteiger partial charge on any atom is 0.372 e. The summed E-state index contributed by atoms with van der Waals surface area (Å²) in [5.41, 5.74) is -0.527. The van der Waals surface area contributed by atoms with E-state index in [2.05, 4.69) is 0 Å². The summed E-state index contributed by atoms with van der Waals surface area (Å²) in [6.07, 6.45) is 0. The molecule has 0 aliphatic carbocycles. The minimum atomic E-state index is -1.30. The molecule has 0 bridgehead atoms. The zero-order chi connectivity index (χ0) is 13.7. The molecule has 0 unspecified atom stereocenters. The molecule has 1 N–H and O–H groups in total. The number of rotatable bonds is 1. The number of fused-ring (bicyclic) bond motifs is 1. The zero-order valence-electron chi connectivity index (χ0n) is 10.2. The number of hydrogen-bond acceptors (Lipinski definition) is 2. The van der Waals surface area contributed by atoms with Gasteiger partial charge in [-0.15, -0.1) is 0 Å². The lowest BCUT2D eigenvalue weighted by molar-refractivity contribution is 0.0661. The van der Waals surface area contributed by atoms with Crippen LogP contribution >= 0.6 is 0 Å². The molecule has 0 saturated heterocycles. The van der Waals surface area contributed by atoms with Crippen molar-refractivity contribution in [3.8, 4) is 0 Å². The van der Waals surface area contributed by atoms with E-state index in [1.165, 1.54) is 0 Å². The predicted molar refractivity (Wildman–Crippen MR) is 61.8 cm³/mol. The van der Waals surface area contributed by atoms with Gasteiger partial charge in [0.2, 0.25) is 5.76 Å². The molecule has 0 amide bonds. The molecule has 0 spiro atoms. The summed E-state index contributed by atoms with van der Waals surface area (Å²) in [7, 11) is 0. The van der Waals surface area contributed by atoms with Crippen LogP contribution in [0.4, 0.5) is 8.78 Å². The number of furan rings is 1. The number of halogens is 2. The van der Waals surface area contributed by atoms with Gasteiger partial charge >= 0.3 is 5.97 Å². The lowest BCUT2D eigenvalue weighted by Gasteiger charge is -2.17. The van der Waals surface area contributed by atoms with E-state index < -0.39 is 23.0 Å². The first-order chi connectivity index (χ1) is 8.21. The minimum absolute atomic E-state index is 0.164. The fraction of sp³-hybridized carbons (Fsp3) is 0.308. The van der Waals surface area contributed by atoms with Gasteiger partial charge in [-0.3, -0.25) is 0 Å². The number of carbonyl (C=O) groups is 1. The molecule has 96 valence electrons. The maximum absolute atomic E-state index is 13.6. The highest BCUT2D eigenvalue weighted by Gasteiger charge is 2.30. The Kier molecular flexibility index (Phi) is 2.65. The Balaban J connectivity index is 2.95. The summed E-state index contributed by atoms with van der Waals surface area (Å²) in [5, 5.41) is 9.24. The molecular formula is C13H12F2O3. The van der Waals surface area contributed by atoms with Gasteiger partial charge in [0.15, 0.2) is 11.4 Å². The Labute approximate surface area is 102 Å². The molecule has 0 saturated carbocycles. The van der Waals surface area contributed by atoms with E-state index in [0.717, 1.165) is 6.07 Å². The van der Waals surface area contributed by atoms with Gasteiger partial charge in [-0.2, -0.15) is 0 Å². The fourth-order valence-electron chi connectivity index (χ4n) is 2.02. The van der Waals surface area contributed by atoms with Gasteiger partial charge < -0.3 is 9.52 Å². The number of benzene rings is 1. The Morgan fingerprint density at radius 1 is 1.28 bits per heavy atom. The molecular weight excluding hydrogens is 242 g/mol. The van der Waals surface area contributed by atoms with E-state index in [4.69, 9.17) is 9.52 Å². The van der Waals surface area contributed by atoms with Crippen LogP contribution in [-0.2, 0) is 5.41 Å². The van der Waals surface area contributed by atoms with Gasteiger partial charge in [-0.05, 0) is 11.5 Å². The summed E-state index contributed by atoms with van der Waals surface area (Å²) < 4.78 is 31.8. The van der Waals surface area contributed by atoms with Crippen LogP contribution in [0.25, 0.3) is 11.0 Å². The second-order valence-corrected chi connectivity index (χ2v) is 5.13. The summed E-state index contributed by atoms with van der Waals surface area (Å²) in [4.78, 5) is 11.1. The van der Waals surface area contributed by atoms with Crippen LogP contribution in [0, 0.1) is 11.6 Å². The van der Waals surface area contributed by atoms with Gasteiger partial charge in [0.25, 0.3) is 0 Å². The highest BCUT2D eigenvalue weighted by Crippen LogP contribution is 2.37. The molecule has 18 heavy (non-hydrogen) atoms. The Hall–Kier alpha value is -1.91. The van der Waals surface area contributed by atoms with E-state index in [9.17, 15) is 13.6 Å². The van der Waals surface area contributed by atoms with Crippen LogP contribution in [0.3, 0.4) is 0 Å². The van der Waals surface area contributed by atoms with Crippen LogP contribution in [0.2, 0.25) is 0 Å². The van der Waals surface area contributed by atoms with E-state index >= 15 is 0 Å². The molecule has 0 aliphatic rings. The standard InChI is InChI=1S/C13H12F2O3/c1-13(2,3)9-7-4-6(14)5-8(15)10(7)18-11(9)12(16)17/h4-5H,1-3H3,(H,16,17). The van der Waals surface area contributed by atoms with Crippen LogP contribution in [0.5, 0.6) is 0 Å². The Bertz CT molecular complexity index is 636. The summed E-state index contributed by atoms with van der Waals surface area (Å²) >= 11 is 0. The van der Waals surface area contributed by atoms with Crippen molar-refractivity contribution >= 4 is 16.9 Å². The molecule has 2 aromatic rings. The lowest BCUT2D eigenvalue weighted by Crippen LogP contribution is -2.15. The first-order valence-corrected chi connectivity index (χ1v) is 5.37. The van der Waals surface area contributed by atoms with Crippen molar-refractivity contribution in [2.75, 3.05) is 0 Å². The van der Waals surface area contributed by atoms with Crippen molar-refractivity contribution in [2.24, 2.45) is 0 Å². The van der Waals surface area contributed by atoms with E-state index in [0.29, 0.717) is 11.6 Å².